The molecule has 3 atom stereocenters. The molecular formula is C20H18FN3O3. The molecule has 0 unspecified atom stereocenters. The van der Waals surface area contributed by atoms with Crippen molar-refractivity contribution in [2.75, 3.05) is 0 Å². The Balaban J connectivity index is 1.47. The number of nitrogens with zero attached hydrogens (tertiary/aromatic N) is 1. The summed E-state index contributed by atoms with van der Waals surface area (Å²) in [4.78, 5) is 37.6. The molecule has 2 aliphatic rings. The fraction of sp³-hybridized carbons (Fsp3) is 0.250. The number of rotatable bonds is 4. The largest absolute Gasteiger partial charge is 0.344 e. The van der Waals surface area contributed by atoms with E-state index in [1.54, 1.807) is 49.4 Å². The third-order valence-corrected chi connectivity index (χ3v) is 5.20. The van der Waals surface area contributed by atoms with E-state index in [9.17, 15) is 18.8 Å². The van der Waals surface area contributed by atoms with Gasteiger partial charge in [-0.3, -0.25) is 15.0 Å². The molecule has 2 aromatic rings. The topological polar surface area (TPSA) is 78.5 Å². The lowest BCUT2D eigenvalue weighted by atomic mass is 9.92. The molecule has 1 saturated carbocycles. The SMILES string of the molecule is C[C@]1(c2ccccc2)NC(=O)N(NC(=O)[C@@H]2C[C@H]2c2ccccc2F)C1=O. The number of amides is 4. The zero-order valence-corrected chi connectivity index (χ0v) is 14.6. The van der Waals surface area contributed by atoms with E-state index in [1.807, 2.05) is 6.07 Å². The number of hydrazine groups is 1. The zero-order valence-electron chi connectivity index (χ0n) is 14.6. The van der Waals surface area contributed by atoms with E-state index in [2.05, 4.69) is 10.7 Å². The van der Waals surface area contributed by atoms with Crippen molar-refractivity contribution in [2.45, 2.75) is 24.8 Å². The first kappa shape index (κ1) is 17.2. The number of hydrogen-bond acceptors (Lipinski definition) is 3. The van der Waals surface area contributed by atoms with E-state index >= 15 is 0 Å². The van der Waals surface area contributed by atoms with Gasteiger partial charge in [0, 0.05) is 5.92 Å². The summed E-state index contributed by atoms with van der Waals surface area (Å²) < 4.78 is 13.9. The molecule has 1 saturated heterocycles. The Morgan fingerprint density at radius 3 is 2.52 bits per heavy atom. The second-order valence-electron chi connectivity index (χ2n) is 7.01. The van der Waals surface area contributed by atoms with Crippen molar-refractivity contribution in [1.29, 1.82) is 0 Å². The van der Waals surface area contributed by atoms with Gasteiger partial charge in [-0.2, -0.15) is 5.01 Å². The van der Waals surface area contributed by atoms with Gasteiger partial charge in [0.2, 0.25) is 5.91 Å². The van der Waals surface area contributed by atoms with Crippen LogP contribution in [0.2, 0.25) is 0 Å². The molecule has 6 nitrogen and oxygen atoms in total. The van der Waals surface area contributed by atoms with E-state index in [0.29, 0.717) is 22.6 Å². The summed E-state index contributed by atoms with van der Waals surface area (Å²) in [6.45, 7) is 1.59. The van der Waals surface area contributed by atoms with Crippen molar-refractivity contribution in [3.63, 3.8) is 0 Å². The van der Waals surface area contributed by atoms with Gasteiger partial charge in [-0.05, 0) is 36.5 Å². The molecule has 2 fully saturated rings. The Bertz CT molecular complexity index is 933. The van der Waals surface area contributed by atoms with E-state index in [1.165, 1.54) is 6.07 Å². The molecule has 2 aromatic carbocycles. The molecule has 1 heterocycles. The number of nitrogens with one attached hydrogen (secondary N) is 2. The molecule has 0 aromatic heterocycles. The summed E-state index contributed by atoms with van der Waals surface area (Å²) in [6.07, 6.45) is 0.479. The number of imide groups is 1. The lowest BCUT2D eigenvalue weighted by Gasteiger charge is -2.22. The summed E-state index contributed by atoms with van der Waals surface area (Å²) >= 11 is 0. The van der Waals surface area contributed by atoms with Crippen LogP contribution in [0, 0.1) is 11.7 Å². The second kappa shape index (κ2) is 6.19. The average Bonchev–Trinajstić information content (AvgIpc) is 3.43. The lowest BCUT2D eigenvalue weighted by Crippen LogP contribution is -2.48. The molecular weight excluding hydrogens is 349 g/mol. The monoisotopic (exact) mass is 367 g/mol. The fourth-order valence-electron chi connectivity index (χ4n) is 3.51. The summed E-state index contributed by atoms with van der Waals surface area (Å²) in [7, 11) is 0. The number of urea groups is 1. The van der Waals surface area contributed by atoms with Crippen molar-refractivity contribution in [3.05, 3.63) is 71.5 Å². The highest BCUT2D eigenvalue weighted by Crippen LogP contribution is 2.48. The van der Waals surface area contributed by atoms with Crippen molar-refractivity contribution < 1.29 is 18.8 Å². The van der Waals surface area contributed by atoms with Crippen LogP contribution in [-0.4, -0.2) is 22.9 Å². The first-order valence-corrected chi connectivity index (χ1v) is 8.69. The Hall–Kier alpha value is -3.22. The van der Waals surface area contributed by atoms with E-state index in [-0.39, 0.29) is 11.7 Å². The molecule has 0 bridgehead atoms. The van der Waals surface area contributed by atoms with Crippen LogP contribution in [-0.2, 0) is 15.1 Å². The van der Waals surface area contributed by atoms with Gasteiger partial charge >= 0.3 is 6.03 Å². The minimum atomic E-state index is -1.25. The van der Waals surface area contributed by atoms with Gasteiger partial charge in [0.1, 0.15) is 11.4 Å². The van der Waals surface area contributed by atoms with Crippen LogP contribution in [0.1, 0.15) is 30.4 Å². The van der Waals surface area contributed by atoms with E-state index < -0.39 is 29.3 Å². The van der Waals surface area contributed by atoms with Crippen molar-refractivity contribution in [1.82, 2.24) is 15.8 Å². The third-order valence-electron chi connectivity index (χ3n) is 5.20. The Kier molecular flexibility index (Phi) is 3.95. The van der Waals surface area contributed by atoms with Crippen LogP contribution in [0.25, 0.3) is 0 Å². The van der Waals surface area contributed by atoms with Gasteiger partial charge in [0.05, 0.1) is 0 Å². The maximum Gasteiger partial charge on any atom is 0.344 e. The van der Waals surface area contributed by atoms with Gasteiger partial charge in [-0.25, -0.2) is 9.18 Å². The van der Waals surface area contributed by atoms with Gasteiger partial charge in [0.15, 0.2) is 0 Å². The van der Waals surface area contributed by atoms with Crippen LogP contribution >= 0.6 is 0 Å². The molecule has 1 aliphatic heterocycles. The fourth-order valence-corrected chi connectivity index (χ4v) is 3.51. The second-order valence-corrected chi connectivity index (χ2v) is 7.01. The Labute approximate surface area is 155 Å². The number of carbonyl (C=O) groups excluding carboxylic acids is 3. The lowest BCUT2D eigenvalue weighted by molar-refractivity contribution is -0.139. The molecule has 27 heavy (non-hydrogen) atoms. The van der Waals surface area contributed by atoms with Gasteiger partial charge < -0.3 is 5.32 Å². The highest BCUT2D eigenvalue weighted by Gasteiger charge is 2.52. The maximum atomic E-state index is 13.9. The quantitative estimate of drug-likeness (QED) is 0.815. The molecule has 7 heteroatoms. The molecule has 2 N–H and O–H groups in total. The molecule has 4 amide bonds. The first-order chi connectivity index (χ1) is 12.9. The van der Waals surface area contributed by atoms with E-state index in [4.69, 9.17) is 0 Å². The summed E-state index contributed by atoms with van der Waals surface area (Å²) in [5.74, 6) is -2.10. The number of halogens is 1. The maximum absolute atomic E-state index is 13.9. The standard InChI is InChI=1S/C20H18FN3O3/c1-20(12-7-3-2-4-8-12)18(26)24(19(27)22-20)23-17(25)15-11-14(15)13-9-5-6-10-16(13)21/h2-10,14-15H,11H2,1H3,(H,22,27)(H,23,25)/t14-,15+,20+/m0/s1. The highest BCUT2D eigenvalue weighted by atomic mass is 19.1. The van der Waals surface area contributed by atoms with Crippen LogP contribution in [0.15, 0.2) is 54.6 Å². The molecule has 0 radical (unpaired) electrons. The molecule has 138 valence electrons. The Morgan fingerprint density at radius 2 is 1.81 bits per heavy atom. The van der Waals surface area contributed by atoms with Crippen molar-refractivity contribution in [3.8, 4) is 0 Å². The summed E-state index contributed by atoms with van der Waals surface area (Å²) in [5, 5.41) is 3.34. The average molecular weight is 367 g/mol. The minimum Gasteiger partial charge on any atom is -0.318 e. The van der Waals surface area contributed by atoms with Gasteiger partial charge in [-0.1, -0.05) is 48.5 Å². The van der Waals surface area contributed by atoms with Crippen molar-refractivity contribution in [2.24, 2.45) is 5.92 Å². The summed E-state index contributed by atoms with van der Waals surface area (Å²) in [5.41, 5.74) is 2.24. The predicted octanol–water partition coefficient (Wildman–Crippen LogP) is 2.43. The number of benzene rings is 2. The molecule has 4 rings (SSSR count). The normalized spacial score (nSPS) is 26.7. The van der Waals surface area contributed by atoms with E-state index in [0.717, 1.165) is 0 Å². The first-order valence-electron chi connectivity index (χ1n) is 8.69. The van der Waals surface area contributed by atoms with Crippen LogP contribution in [0.5, 0.6) is 0 Å². The Morgan fingerprint density at radius 1 is 1.15 bits per heavy atom. The summed E-state index contributed by atoms with van der Waals surface area (Å²) in [6, 6.07) is 14.4. The zero-order chi connectivity index (χ0) is 19.2. The van der Waals surface area contributed by atoms with Crippen LogP contribution < -0.4 is 10.7 Å². The third kappa shape index (κ3) is 2.85. The number of hydrogen-bond donors (Lipinski definition) is 2. The molecule has 1 aliphatic carbocycles. The van der Waals surface area contributed by atoms with Crippen LogP contribution in [0.4, 0.5) is 9.18 Å². The van der Waals surface area contributed by atoms with Crippen molar-refractivity contribution >= 4 is 17.8 Å². The van der Waals surface area contributed by atoms with Gasteiger partial charge in [-0.15, -0.1) is 0 Å². The highest BCUT2D eigenvalue weighted by molar-refractivity contribution is 6.08. The van der Waals surface area contributed by atoms with Crippen LogP contribution in [0.3, 0.4) is 0 Å². The van der Waals surface area contributed by atoms with Gasteiger partial charge in [0.25, 0.3) is 5.91 Å². The smallest absolute Gasteiger partial charge is 0.318 e. The minimum absolute atomic E-state index is 0.243. The molecule has 0 spiro atoms. The predicted molar refractivity (Wildman–Crippen MR) is 94.6 cm³/mol. The number of carbonyl (C=O) groups is 3.